The van der Waals surface area contributed by atoms with E-state index in [1.165, 1.54) is 0 Å². The molecule has 0 aromatic heterocycles. The summed E-state index contributed by atoms with van der Waals surface area (Å²) in [6.45, 7) is 4.65. The van der Waals surface area contributed by atoms with Crippen LogP contribution < -0.4 is 10.6 Å². The van der Waals surface area contributed by atoms with Crippen LogP contribution >= 0.6 is 11.6 Å². The molecule has 0 radical (unpaired) electrons. The Hall–Kier alpha value is -1.63. The normalized spacial score (nSPS) is 27.2. The van der Waals surface area contributed by atoms with Crippen molar-refractivity contribution in [2.45, 2.75) is 44.8 Å². The van der Waals surface area contributed by atoms with Crippen molar-refractivity contribution in [3.63, 3.8) is 0 Å². The van der Waals surface area contributed by atoms with Crippen molar-refractivity contribution in [1.29, 1.82) is 0 Å². The first-order valence-corrected chi connectivity index (χ1v) is 10.5. The van der Waals surface area contributed by atoms with Gasteiger partial charge in [-0.3, -0.25) is 14.5 Å². The van der Waals surface area contributed by atoms with Gasteiger partial charge in [-0.1, -0.05) is 29.8 Å². The highest BCUT2D eigenvalue weighted by Crippen LogP contribution is 2.36. The summed E-state index contributed by atoms with van der Waals surface area (Å²) in [5.41, 5.74) is 0.959. The topological polar surface area (TPSA) is 81.7 Å². The number of nitrogens with one attached hydrogen (secondary N) is 2. The third kappa shape index (κ3) is 5.46. The number of amides is 2. The quantitative estimate of drug-likeness (QED) is 0.641. The van der Waals surface area contributed by atoms with Gasteiger partial charge in [0.05, 0.1) is 18.7 Å². The van der Waals surface area contributed by atoms with Crippen LogP contribution in [0.4, 0.5) is 0 Å². The zero-order valence-electron chi connectivity index (χ0n) is 16.4. The predicted octanol–water partition coefficient (Wildman–Crippen LogP) is 1.60. The molecule has 1 aromatic rings. The second-order valence-corrected chi connectivity index (χ2v) is 8.38. The Morgan fingerprint density at radius 2 is 1.89 bits per heavy atom. The molecule has 3 N–H and O–H groups in total. The highest BCUT2D eigenvalue weighted by molar-refractivity contribution is 6.31. The highest BCUT2D eigenvalue weighted by Gasteiger charge is 2.42. The van der Waals surface area contributed by atoms with Crippen LogP contribution in [0.2, 0.25) is 5.02 Å². The van der Waals surface area contributed by atoms with E-state index in [1.807, 2.05) is 31.2 Å². The lowest BCUT2D eigenvalue weighted by Crippen LogP contribution is -2.49. The van der Waals surface area contributed by atoms with Crippen molar-refractivity contribution < 1.29 is 14.7 Å². The molecule has 1 heterocycles. The number of halogens is 1. The number of likely N-dealkylation sites (N-methyl/N-ethyl adjacent to an activating group) is 1. The fourth-order valence-corrected chi connectivity index (χ4v) is 4.73. The van der Waals surface area contributed by atoms with E-state index in [-0.39, 0.29) is 17.9 Å². The first kappa shape index (κ1) is 21.1. The molecule has 1 saturated carbocycles. The molecule has 6 nitrogen and oxygen atoms in total. The van der Waals surface area contributed by atoms with Gasteiger partial charge in [0.15, 0.2) is 0 Å². The summed E-state index contributed by atoms with van der Waals surface area (Å²) in [5, 5.41) is 17.0. The molecule has 0 unspecified atom stereocenters. The van der Waals surface area contributed by atoms with Crippen molar-refractivity contribution in [1.82, 2.24) is 15.5 Å². The van der Waals surface area contributed by atoms with Crippen molar-refractivity contribution in [3.05, 3.63) is 34.9 Å². The molecular formula is C21H30ClN3O3. The molecule has 28 heavy (non-hydrogen) atoms. The Balaban J connectivity index is 1.47. The van der Waals surface area contributed by atoms with Crippen molar-refractivity contribution in [2.24, 2.45) is 11.8 Å². The first-order valence-electron chi connectivity index (χ1n) is 10.2. The van der Waals surface area contributed by atoms with E-state index in [2.05, 4.69) is 15.5 Å². The monoisotopic (exact) mass is 407 g/mol. The molecule has 7 heteroatoms. The molecule has 2 fully saturated rings. The molecule has 3 rings (SSSR count). The maximum Gasteiger partial charge on any atom is 0.234 e. The predicted molar refractivity (Wildman–Crippen MR) is 109 cm³/mol. The maximum absolute atomic E-state index is 12.4. The zero-order chi connectivity index (χ0) is 20.1. The van der Waals surface area contributed by atoms with Crippen LogP contribution in [-0.4, -0.2) is 60.1 Å². The van der Waals surface area contributed by atoms with Crippen LogP contribution in [0.5, 0.6) is 0 Å². The molecule has 0 spiro atoms. The summed E-state index contributed by atoms with van der Waals surface area (Å²) in [7, 11) is 0. The number of aliphatic hydroxyl groups is 1. The van der Waals surface area contributed by atoms with Gasteiger partial charge in [-0.15, -0.1) is 0 Å². The number of fused-ring (bicyclic) bond motifs is 1. The largest absolute Gasteiger partial charge is 0.391 e. The van der Waals surface area contributed by atoms with E-state index in [1.54, 1.807) is 0 Å². The van der Waals surface area contributed by atoms with E-state index >= 15 is 0 Å². The number of nitrogens with zero attached hydrogens (tertiary/aromatic N) is 1. The van der Waals surface area contributed by atoms with Crippen molar-refractivity contribution in [3.8, 4) is 0 Å². The molecule has 1 aromatic carbocycles. The maximum atomic E-state index is 12.4. The summed E-state index contributed by atoms with van der Waals surface area (Å²) in [4.78, 5) is 26.4. The molecule has 154 valence electrons. The average molecular weight is 408 g/mol. The second-order valence-electron chi connectivity index (χ2n) is 7.97. The van der Waals surface area contributed by atoms with Gasteiger partial charge in [-0.05, 0) is 49.7 Å². The van der Waals surface area contributed by atoms with Crippen LogP contribution in [0.3, 0.4) is 0 Å². The number of carbonyl (C=O) groups is 2. The first-order chi connectivity index (χ1) is 13.5. The SMILES string of the molecule is CCNC(=O)CN1C[C@H]2C[C@H](O)[C@@H](NC(=O)CCc3ccccc3Cl)C[C@H]2C1. The van der Waals surface area contributed by atoms with Crippen molar-refractivity contribution >= 4 is 23.4 Å². The molecule has 2 aliphatic rings. The molecule has 0 bridgehead atoms. The Kier molecular flexibility index (Phi) is 7.32. The van der Waals surface area contributed by atoms with Crippen LogP contribution in [-0.2, 0) is 16.0 Å². The number of hydrogen-bond acceptors (Lipinski definition) is 4. The number of likely N-dealkylation sites (tertiary alicyclic amines) is 1. The van der Waals surface area contributed by atoms with Gasteiger partial charge in [-0.25, -0.2) is 0 Å². The van der Waals surface area contributed by atoms with Gasteiger partial charge < -0.3 is 15.7 Å². The molecule has 4 atom stereocenters. The second kappa shape index (κ2) is 9.72. The van der Waals surface area contributed by atoms with Gasteiger partial charge >= 0.3 is 0 Å². The number of carbonyl (C=O) groups excluding carboxylic acids is 2. The summed E-state index contributed by atoms with van der Waals surface area (Å²) in [6, 6.07) is 7.32. The highest BCUT2D eigenvalue weighted by atomic mass is 35.5. The van der Waals surface area contributed by atoms with Crippen LogP contribution in [0.1, 0.15) is 31.7 Å². The lowest BCUT2D eigenvalue weighted by atomic mass is 9.77. The fraction of sp³-hybridized carbons (Fsp3) is 0.619. The van der Waals surface area contributed by atoms with Gasteiger partial charge in [0.1, 0.15) is 0 Å². The minimum atomic E-state index is -0.532. The standard InChI is InChI=1S/C21H30ClN3O3/c1-2-23-21(28)13-25-11-15-9-18(19(26)10-16(15)12-25)24-20(27)8-7-14-5-3-4-6-17(14)22/h3-6,15-16,18-19,26H,2,7-13H2,1H3,(H,23,28)(H,24,27)/t15-,16+,18-,19-/m0/s1. The molecule has 2 amide bonds. The number of aryl methyl sites for hydroxylation is 1. The number of rotatable bonds is 7. The van der Waals surface area contributed by atoms with Gasteiger partial charge in [-0.2, -0.15) is 0 Å². The Bertz CT molecular complexity index is 699. The van der Waals surface area contributed by atoms with Gasteiger partial charge in [0.2, 0.25) is 11.8 Å². The van der Waals surface area contributed by atoms with E-state index in [9.17, 15) is 14.7 Å². The van der Waals surface area contributed by atoms with E-state index in [0.29, 0.717) is 49.2 Å². The Morgan fingerprint density at radius 1 is 1.18 bits per heavy atom. The van der Waals surface area contributed by atoms with Gasteiger partial charge in [0, 0.05) is 31.1 Å². The summed E-state index contributed by atoms with van der Waals surface area (Å²) >= 11 is 6.15. The van der Waals surface area contributed by atoms with E-state index < -0.39 is 6.10 Å². The van der Waals surface area contributed by atoms with E-state index in [0.717, 1.165) is 25.1 Å². The summed E-state index contributed by atoms with van der Waals surface area (Å²) in [6.07, 6.45) is 1.84. The smallest absolute Gasteiger partial charge is 0.234 e. The molecular weight excluding hydrogens is 378 g/mol. The Labute approximate surface area is 171 Å². The Morgan fingerprint density at radius 3 is 2.61 bits per heavy atom. The third-order valence-electron chi connectivity index (χ3n) is 5.88. The minimum Gasteiger partial charge on any atom is -0.391 e. The molecule has 1 aliphatic carbocycles. The fourth-order valence-electron chi connectivity index (χ4n) is 4.50. The van der Waals surface area contributed by atoms with Crippen LogP contribution in [0, 0.1) is 11.8 Å². The lowest BCUT2D eigenvalue weighted by Gasteiger charge is -2.35. The third-order valence-corrected chi connectivity index (χ3v) is 6.25. The van der Waals surface area contributed by atoms with E-state index in [4.69, 9.17) is 11.6 Å². The molecule has 1 aliphatic heterocycles. The zero-order valence-corrected chi connectivity index (χ0v) is 17.1. The van der Waals surface area contributed by atoms with Crippen LogP contribution in [0.15, 0.2) is 24.3 Å². The number of aliphatic hydroxyl groups excluding tert-OH is 1. The minimum absolute atomic E-state index is 0.0473. The number of hydrogen-bond donors (Lipinski definition) is 3. The van der Waals surface area contributed by atoms with Gasteiger partial charge in [0.25, 0.3) is 0 Å². The van der Waals surface area contributed by atoms with Crippen LogP contribution in [0.25, 0.3) is 0 Å². The number of benzene rings is 1. The lowest BCUT2D eigenvalue weighted by molar-refractivity contribution is -0.123. The summed E-state index contributed by atoms with van der Waals surface area (Å²) < 4.78 is 0. The summed E-state index contributed by atoms with van der Waals surface area (Å²) in [5.74, 6) is 0.790. The molecule has 1 saturated heterocycles. The van der Waals surface area contributed by atoms with Crippen molar-refractivity contribution in [2.75, 3.05) is 26.2 Å². The average Bonchev–Trinajstić information content (AvgIpc) is 3.02.